The van der Waals surface area contributed by atoms with Crippen LogP contribution in [0.2, 0.25) is 0 Å². The number of hydrogen-bond acceptors (Lipinski definition) is 7. The number of benzene rings is 3. The molecule has 0 saturated heterocycles. The molecular formula is C30H25FN6O3S. The van der Waals surface area contributed by atoms with Crippen molar-refractivity contribution in [3.63, 3.8) is 0 Å². The Bertz CT molecular complexity index is 1820. The van der Waals surface area contributed by atoms with Crippen molar-refractivity contribution >= 4 is 34.4 Å². The van der Waals surface area contributed by atoms with Crippen LogP contribution >= 0.6 is 11.8 Å². The molecule has 41 heavy (non-hydrogen) atoms. The molecule has 6 rings (SSSR count). The van der Waals surface area contributed by atoms with Gasteiger partial charge in [-0.3, -0.25) is 9.59 Å². The average Bonchev–Trinajstić information content (AvgIpc) is 3.63. The predicted octanol–water partition coefficient (Wildman–Crippen LogP) is 5.03. The van der Waals surface area contributed by atoms with E-state index in [9.17, 15) is 14.0 Å². The first-order valence-electron chi connectivity index (χ1n) is 12.9. The van der Waals surface area contributed by atoms with E-state index < -0.39 is 0 Å². The molecule has 1 atom stereocenters. The molecule has 0 spiro atoms. The second-order valence-corrected chi connectivity index (χ2v) is 10.5. The molecule has 3 heterocycles. The monoisotopic (exact) mass is 568 g/mol. The van der Waals surface area contributed by atoms with Crippen molar-refractivity contribution in [1.82, 2.24) is 24.8 Å². The van der Waals surface area contributed by atoms with Gasteiger partial charge in [0.25, 0.3) is 11.5 Å². The Morgan fingerprint density at radius 1 is 1.07 bits per heavy atom. The van der Waals surface area contributed by atoms with Crippen LogP contribution in [0, 0.1) is 12.7 Å². The van der Waals surface area contributed by atoms with Gasteiger partial charge in [-0.2, -0.15) is 10.2 Å². The van der Waals surface area contributed by atoms with Crippen molar-refractivity contribution in [3.05, 3.63) is 112 Å². The maximum absolute atomic E-state index is 13.6. The first-order chi connectivity index (χ1) is 19.9. The first-order valence-corrected chi connectivity index (χ1v) is 13.9. The Labute approximate surface area is 238 Å². The number of carbonyl (C=O) groups excluding carboxylic acids is 1. The number of hydrazone groups is 1. The topological polar surface area (TPSA) is 105 Å². The number of nitrogens with zero attached hydrogens (tertiary/aromatic N) is 5. The molecule has 2 aromatic heterocycles. The number of carbonyl (C=O) groups is 1. The van der Waals surface area contributed by atoms with Crippen molar-refractivity contribution in [1.29, 1.82) is 0 Å². The number of rotatable bonds is 7. The maximum Gasteiger partial charge on any atom is 0.262 e. The third-order valence-electron chi connectivity index (χ3n) is 6.87. The number of hydrogen-bond donors (Lipinski definition) is 1. The summed E-state index contributed by atoms with van der Waals surface area (Å²) < 4.78 is 20.2. The molecule has 0 unspecified atom stereocenters. The zero-order valence-electron chi connectivity index (χ0n) is 22.2. The van der Waals surface area contributed by atoms with Crippen LogP contribution < -0.4 is 10.3 Å². The van der Waals surface area contributed by atoms with Gasteiger partial charge in [-0.15, -0.1) is 0 Å². The Balaban J connectivity index is 1.27. The van der Waals surface area contributed by atoms with Crippen LogP contribution in [0.5, 0.6) is 5.75 Å². The van der Waals surface area contributed by atoms with Crippen LogP contribution in [0.3, 0.4) is 0 Å². The Morgan fingerprint density at radius 3 is 2.51 bits per heavy atom. The molecule has 9 nitrogen and oxygen atoms in total. The van der Waals surface area contributed by atoms with Gasteiger partial charge in [0.1, 0.15) is 17.0 Å². The van der Waals surface area contributed by atoms with E-state index in [1.807, 2.05) is 55.5 Å². The van der Waals surface area contributed by atoms with Gasteiger partial charge in [0.15, 0.2) is 10.8 Å². The molecule has 206 valence electrons. The fraction of sp³-hybridized carbons (Fsp3) is 0.167. The van der Waals surface area contributed by atoms with Gasteiger partial charge in [0, 0.05) is 6.42 Å². The zero-order valence-corrected chi connectivity index (χ0v) is 23.1. The number of methoxy groups -OCH3 is 1. The van der Waals surface area contributed by atoms with Crippen LogP contribution in [0.1, 0.15) is 29.2 Å². The number of amides is 1. The highest BCUT2D eigenvalue weighted by atomic mass is 32.2. The fourth-order valence-corrected chi connectivity index (χ4v) is 5.39. The molecule has 0 saturated carbocycles. The van der Waals surface area contributed by atoms with Crippen LogP contribution in [0.15, 0.2) is 94.0 Å². The smallest absolute Gasteiger partial charge is 0.262 e. The molecule has 5 aromatic rings. The van der Waals surface area contributed by atoms with Crippen LogP contribution in [-0.2, 0) is 4.79 Å². The molecule has 11 heteroatoms. The minimum atomic E-state index is -0.380. The predicted molar refractivity (Wildman–Crippen MR) is 155 cm³/mol. The highest BCUT2D eigenvalue weighted by molar-refractivity contribution is 7.99. The molecule has 1 N–H and O–H groups in total. The summed E-state index contributed by atoms with van der Waals surface area (Å²) >= 11 is 1.11. The lowest BCUT2D eigenvalue weighted by molar-refractivity contribution is -0.130. The molecule has 1 amide bonds. The zero-order chi connectivity index (χ0) is 28.5. The van der Waals surface area contributed by atoms with Crippen molar-refractivity contribution in [2.24, 2.45) is 5.10 Å². The number of aryl methyl sites for hydroxylation is 1. The highest BCUT2D eigenvalue weighted by Crippen LogP contribution is 2.34. The number of halogens is 1. The number of H-pyrrole nitrogens is 1. The molecule has 3 aromatic carbocycles. The third-order valence-corrected chi connectivity index (χ3v) is 7.73. The van der Waals surface area contributed by atoms with Gasteiger partial charge < -0.3 is 9.72 Å². The van der Waals surface area contributed by atoms with Crippen LogP contribution in [0.25, 0.3) is 16.7 Å². The Morgan fingerprint density at radius 2 is 1.80 bits per heavy atom. The molecule has 0 aliphatic carbocycles. The van der Waals surface area contributed by atoms with Crippen LogP contribution in [-0.4, -0.2) is 49.2 Å². The van der Waals surface area contributed by atoms with E-state index in [1.54, 1.807) is 19.2 Å². The quantitative estimate of drug-likeness (QED) is 0.218. The second kappa shape index (κ2) is 11.0. The number of aromatic nitrogens is 4. The molecule has 0 radical (unpaired) electrons. The van der Waals surface area contributed by atoms with Gasteiger partial charge >= 0.3 is 0 Å². The molecular weight excluding hydrogens is 543 g/mol. The lowest BCUT2D eigenvalue weighted by Crippen LogP contribution is -2.28. The summed E-state index contributed by atoms with van der Waals surface area (Å²) in [5.74, 6) is 0.139. The van der Waals surface area contributed by atoms with E-state index in [4.69, 9.17) is 9.84 Å². The number of thioether (sulfide) groups is 1. The molecule has 1 aliphatic rings. The molecule has 0 fully saturated rings. The standard InChI is InChI=1S/C30H25FN6O3S/c1-18-3-5-20(6-4-18)26-15-25(19-7-13-23(40-2)14-8-19)35-37(26)27(38)17-41-30-33-28-24(29(39)34-30)16-32-36(28)22-11-9-21(31)10-12-22/h3-14,16,26H,15,17H2,1-2H3,(H,33,34,39)/t26-/m0/s1. The van der Waals surface area contributed by atoms with E-state index in [0.717, 1.165) is 39.9 Å². The SMILES string of the molecule is COc1ccc(C2=NN(C(=O)CSc3nc4c(cnn4-c4ccc(F)cc4)c(=O)[nH]3)[C@H](c3ccc(C)cc3)C2)cc1. The van der Waals surface area contributed by atoms with Crippen molar-refractivity contribution in [3.8, 4) is 11.4 Å². The van der Waals surface area contributed by atoms with Gasteiger partial charge in [0.05, 0.1) is 36.5 Å². The number of nitrogens with one attached hydrogen (secondary N) is 1. The second-order valence-electron chi connectivity index (χ2n) is 9.57. The molecule has 0 bridgehead atoms. The van der Waals surface area contributed by atoms with Gasteiger partial charge in [-0.05, 0) is 66.6 Å². The Kier molecular flexibility index (Phi) is 7.10. The minimum absolute atomic E-state index is 0.000879. The first kappa shape index (κ1) is 26.5. The van der Waals surface area contributed by atoms with E-state index >= 15 is 0 Å². The molecule has 1 aliphatic heterocycles. The van der Waals surface area contributed by atoms with E-state index in [0.29, 0.717) is 17.8 Å². The summed E-state index contributed by atoms with van der Waals surface area (Å²) in [5.41, 5.74) is 4.32. The fourth-order valence-electron chi connectivity index (χ4n) is 4.68. The van der Waals surface area contributed by atoms with E-state index in [1.165, 1.54) is 28.0 Å². The highest BCUT2D eigenvalue weighted by Gasteiger charge is 2.33. The van der Waals surface area contributed by atoms with Crippen molar-refractivity contribution in [2.45, 2.75) is 24.5 Å². The Hall–Kier alpha value is -4.77. The van der Waals surface area contributed by atoms with Crippen molar-refractivity contribution < 1.29 is 13.9 Å². The number of aromatic amines is 1. The summed E-state index contributed by atoms with van der Waals surface area (Å²) in [7, 11) is 1.62. The van der Waals surface area contributed by atoms with E-state index in [2.05, 4.69) is 15.1 Å². The van der Waals surface area contributed by atoms with E-state index in [-0.39, 0.29) is 39.6 Å². The summed E-state index contributed by atoms with van der Waals surface area (Å²) in [5, 5.41) is 11.1. The summed E-state index contributed by atoms with van der Waals surface area (Å²) in [4.78, 5) is 33.6. The summed E-state index contributed by atoms with van der Waals surface area (Å²) in [6, 6.07) is 21.1. The minimum Gasteiger partial charge on any atom is -0.497 e. The van der Waals surface area contributed by atoms with Gasteiger partial charge in [-0.25, -0.2) is 19.1 Å². The van der Waals surface area contributed by atoms with Crippen LogP contribution in [0.4, 0.5) is 4.39 Å². The van der Waals surface area contributed by atoms with Crippen molar-refractivity contribution in [2.75, 3.05) is 12.9 Å². The third kappa shape index (κ3) is 5.36. The number of ether oxygens (including phenoxy) is 1. The maximum atomic E-state index is 13.6. The lowest BCUT2D eigenvalue weighted by atomic mass is 9.97. The average molecular weight is 569 g/mol. The lowest BCUT2D eigenvalue weighted by Gasteiger charge is -2.22. The largest absolute Gasteiger partial charge is 0.497 e. The van der Waals surface area contributed by atoms with Gasteiger partial charge in [-0.1, -0.05) is 41.6 Å². The summed E-state index contributed by atoms with van der Waals surface area (Å²) in [6.45, 7) is 2.02. The number of fused-ring (bicyclic) bond motifs is 1. The van der Waals surface area contributed by atoms with Gasteiger partial charge in [0.2, 0.25) is 0 Å². The normalized spacial score (nSPS) is 14.9. The summed E-state index contributed by atoms with van der Waals surface area (Å²) in [6.07, 6.45) is 1.97.